The van der Waals surface area contributed by atoms with Gasteiger partial charge in [0.1, 0.15) is 0 Å². The Bertz CT molecular complexity index is 921. The molecule has 1 aliphatic heterocycles. The maximum atomic E-state index is 13.0. The van der Waals surface area contributed by atoms with Crippen LogP contribution in [0.5, 0.6) is 0 Å². The SMILES string of the molecule is Cc1ccc2c(c1)C(=NC(C)(C)C)n1nc(C)c(C(=O)NC(C)(C)C)c1-2. The number of rotatable bonds is 1. The van der Waals surface area contributed by atoms with Crippen LogP contribution in [0.15, 0.2) is 23.2 Å². The average Bonchev–Trinajstić information content (AvgIpc) is 2.90. The molecule has 0 atom stereocenters. The summed E-state index contributed by atoms with van der Waals surface area (Å²) in [6, 6.07) is 6.25. The van der Waals surface area contributed by atoms with E-state index in [4.69, 9.17) is 4.99 Å². The number of aromatic nitrogens is 2. The van der Waals surface area contributed by atoms with Gasteiger partial charge in [0, 0.05) is 16.7 Å². The zero-order chi connectivity index (χ0) is 19.4. The van der Waals surface area contributed by atoms with Crippen LogP contribution in [0, 0.1) is 13.8 Å². The van der Waals surface area contributed by atoms with Gasteiger partial charge in [-0.15, -0.1) is 0 Å². The molecule has 0 radical (unpaired) electrons. The molecule has 5 nitrogen and oxygen atoms in total. The number of benzene rings is 1. The third kappa shape index (κ3) is 3.30. The highest BCUT2D eigenvalue weighted by molar-refractivity contribution is 6.16. The molecule has 1 N–H and O–H groups in total. The molecule has 0 aliphatic carbocycles. The van der Waals surface area contributed by atoms with Crippen LogP contribution in [0.2, 0.25) is 0 Å². The first-order chi connectivity index (χ1) is 11.9. The Morgan fingerprint density at radius 1 is 1.08 bits per heavy atom. The summed E-state index contributed by atoms with van der Waals surface area (Å²) in [5.74, 6) is 0.712. The van der Waals surface area contributed by atoms with Gasteiger partial charge in [-0.3, -0.25) is 9.79 Å². The maximum Gasteiger partial charge on any atom is 0.255 e. The van der Waals surface area contributed by atoms with Crippen molar-refractivity contribution in [3.8, 4) is 11.3 Å². The van der Waals surface area contributed by atoms with E-state index in [-0.39, 0.29) is 17.0 Å². The lowest BCUT2D eigenvalue weighted by Gasteiger charge is -2.20. The Labute approximate surface area is 155 Å². The van der Waals surface area contributed by atoms with Gasteiger partial charge < -0.3 is 5.32 Å². The fraction of sp³-hybridized carbons (Fsp3) is 0.476. The van der Waals surface area contributed by atoms with E-state index in [0.717, 1.165) is 33.9 Å². The number of carbonyl (C=O) groups is 1. The molecule has 1 aliphatic rings. The zero-order valence-corrected chi connectivity index (χ0v) is 17.0. The summed E-state index contributed by atoms with van der Waals surface area (Å²) < 4.78 is 1.84. The average molecular weight is 352 g/mol. The lowest BCUT2D eigenvalue weighted by Crippen LogP contribution is -2.40. The van der Waals surface area contributed by atoms with Crippen LogP contribution in [0.25, 0.3) is 11.3 Å². The summed E-state index contributed by atoms with van der Waals surface area (Å²) >= 11 is 0. The Balaban J connectivity index is 2.26. The summed E-state index contributed by atoms with van der Waals surface area (Å²) in [5, 5.41) is 7.74. The molecule has 1 amide bonds. The molecule has 0 saturated heterocycles. The first-order valence-electron chi connectivity index (χ1n) is 9.01. The summed E-state index contributed by atoms with van der Waals surface area (Å²) in [5.41, 5.74) is 4.83. The van der Waals surface area contributed by atoms with Crippen LogP contribution < -0.4 is 5.32 Å². The highest BCUT2D eigenvalue weighted by Gasteiger charge is 2.34. The topological polar surface area (TPSA) is 59.3 Å². The molecule has 1 aromatic carbocycles. The molecule has 138 valence electrons. The van der Waals surface area contributed by atoms with Crippen LogP contribution in [0.3, 0.4) is 0 Å². The lowest BCUT2D eigenvalue weighted by atomic mass is 9.99. The van der Waals surface area contributed by atoms with Gasteiger partial charge in [-0.1, -0.05) is 17.7 Å². The second-order valence-electron chi connectivity index (χ2n) is 9.08. The van der Waals surface area contributed by atoms with E-state index in [1.54, 1.807) is 0 Å². The van der Waals surface area contributed by atoms with E-state index >= 15 is 0 Å². The molecule has 0 unspecified atom stereocenters. The van der Waals surface area contributed by atoms with Gasteiger partial charge in [0.2, 0.25) is 0 Å². The Kier molecular flexibility index (Phi) is 4.09. The number of hydrogen-bond donors (Lipinski definition) is 1. The predicted molar refractivity (Wildman–Crippen MR) is 106 cm³/mol. The third-order valence-electron chi connectivity index (χ3n) is 4.09. The lowest BCUT2D eigenvalue weighted by molar-refractivity contribution is 0.0919. The Morgan fingerprint density at radius 2 is 1.73 bits per heavy atom. The first-order valence-corrected chi connectivity index (χ1v) is 9.01. The van der Waals surface area contributed by atoms with Gasteiger partial charge in [-0.2, -0.15) is 5.10 Å². The monoisotopic (exact) mass is 352 g/mol. The molecular formula is C21H28N4O. The van der Waals surface area contributed by atoms with Crippen LogP contribution in [0.1, 0.15) is 68.7 Å². The van der Waals surface area contributed by atoms with Gasteiger partial charge in [0.15, 0.2) is 5.84 Å². The molecular weight excluding hydrogens is 324 g/mol. The van der Waals surface area contributed by atoms with Crippen molar-refractivity contribution in [3.05, 3.63) is 40.6 Å². The van der Waals surface area contributed by atoms with Gasteiger partial charge in [0.05, 0.1) is 22.5 Å². The minimum atomic E-state index is -0.310. The van der Waals surface area contributed by atoms with Crippen molar-refractivity contribution in [2.45, 2.75) is 66.5 Å². The minimum Gasteiger partial charge on any atom is -0.347 e. The Morgan fingerprint density at radius 3 is 2.31 bits per heavy atom. The van der Waals surface area contributed by atoms with E-state index in [1.807, 2.05) is 32.4 Å². The van der Waals surface area contributed by atoms with Gasteiger partial charge in [-0.05, 0) is 61.5 Å². The molecule has 0 spiro atoms. The number of nitrogens with zero attached hydrogens (tertiary/aromatic N) is 3. The largest absolute Gasteiger partial charge is 0.347 e. The summed E-state index contributed by atoms with van der Waals surface area (Å²) in [6.07, 6.45) is 0. The van der Waals surface area contributed by atoms with Crippen LogP contribution >= 0.6 is 0 Å². The molecule has 26 heavy (non-hydrogen) atoms. The summed E-state index contributed by atoms with van der Waals surface area (Å²) in [7, 11) is 0. The molecule has 3 rings (SSSR count). The molecule has 2 aromatic rings. The summed E-state index contributed by atoms with van der Waals surface area (Å²) in [6.45, 7) is 16.1. The number of aryl methyl sites for hydroxylation is 2. The van der Waals surface area contributed by atoms with Crippen molar-refractivity contribution in [1.29, 1.82) is 0 Å². The first kappa shape index (κ1) is 18.4. The van der Waals surface area contributed by atoms with Crippen molar-refractivity contribution in [2.24, 2.45) is 4.99 Å². The second kappa shape index (κ2) is 5.79. The van der Waals surface area contributed by atoms with Crippen molar-refractivity contribution in [3.63, 3.8) is 0 Å². The maximum absolute atomic E-state index is 13.0. The molecule has 5 heteroatoms. The highest BCUT2D eigenvalue weighted by Crippen LogP contribution is 2.37. The standard InChI is InChI=1S/C21H28N4O/c1-12-9-10-14-15(11-12)18(22-20(3,4)5)25-17(14)16(13(2)24-25)19(26)23-21(6,7)8/h9-11H,1-8H3,(H,23,26). The minimum absolute atomic E-state index is 0.0974. The van der Waals surface area contributed by atoms with Crippen LogP contribution in [0.4, 0.5) is 0 Å². The van der Waals surface area contributed by atoms with Crippen molar-refractivity contribution < 1.29 is 4.79 Å². The molecule has 1 aromatic heterocycles. The van der Waals surface area contributed by atoms with E-state index in [9.17, 15) is 4.79 Å². The molecule has 0 bridgehead atoms. The molecule has 2 heterocycles. The van der Waals surface area contributed by atoms with Gasteiger partial charge in [0.25, 0.3) is 5.91 Å². The number of amides is 1. The Hall–Kier alpha value is -2.43. The van der Waals surface area contributed by atoms with Crippen LogP contribution in [-0.2, 0) is 0 Å². The number of carbonyl (C=O) groups excluding carboxylic acids is 1. The number of nitrogens with one attached hydrogen (secondary N) is 1. The quantitative estimate of drug-likeness (QED) is 0.717. The molecule has 0 saturated carbocycles. The molecule has 0 fully saturated rings. The zero-order valence-electron chi connectivity index (χ0n) is 17.0. The number of fused-ring (bicyclic) bond motifs is 3. The van der Waals surface area contributed by atoms with Gasteiger partial charge >= 0.3 is 0 Å². The summed E-state index contributed by atoms with van der Waals surface area (Å²) in [4.78, 5) is 17.9. The third-order valence-corrected chi connectivity index (χ3v) is 4.09. The fourth-order valence-corrected chi connectivity index (χ4v) is 3.19. The van der Waals surface area contributed by atoms with E-state index in [2.05, 4.69) is 56.3 Å². The predicted octanol–water partition coefficient (Wildman–Crippen LogP) is 4.10. The van der Waals surface area contributed by atoms with E-state index in [1.165, 1.54) is 0 Å². The normalized spacial score (nSPS) is 15.2. The number of aliphatic imine (C=N–C) groups is 1. The van der Waals surface area contributed by atoms with Crippen LogP contribution in [-0.4, -0.2) is 32.6 Å². The van der Waals surface area contributed by atoms with E-state index in [0.29, 0.717) is 5.56 Å². The smallest absolute Gasteiger partial charge is 0.255 e. The van der Waals surface area contributed by atoms with Crippen molar-refractivity contribution in [1.82, 2.24) is 15.1 Å². The number of hydrogen-bond acceptors (Lipinski definition) is 3. The van der Waals surface area contributed by atoms with Crippen molar-refractivity contribution in [2.75, 3.05) is 0 Å². The fourth-order valence-electron chi connectivity index (χ4n) is 3.19. The highest BCUT2D eigenvalue weighted by atomic mass is 16.1. The van der Waals surface area contributed by atoms with Gasteiger partial charge in [-0.25, -0.2) is 4.68 Å². The second-order valence-corrected chi connectivity index (χ2v) is 9.08. The van der Waals surface area contributed by atoms with E-state index < -0.39 is 0 Å². The van der Waals surface area contributed by atoms with Crippen molar-refractivity contribution >= 4 is 11.7 Å².